The molecular formula is C10H11BrS. The van der Waals surface area contributed by atoms with E-state index in [9.17, 15) is 0 Å². The fourth-order valence-corrected chi connectivity index (χ4v) is 2.55. The Morgan fingerprint density at radius 1 is 1.33 bits per heavy atom. The summed E-state index contributed by atoms with van der Waals surface area (Å²) in [5, 5.41) is 0.633. The van der Waals surface area contributed by atoms with Crippen molar-refractivity contribution < 1.29 is 0 Å². The van der Waals surface area contributed by atoms with E-state index in [0.717, 1.165) is 5.92 Å². The van der Waals surface area contributed by atoms with Crippen LogP contribution < -0.4 is 0 Å². The zero-order valence-electron chi connectivity index (χ0n) is 6.70. The molecule has 0 amide bonds. The van der Waals surface area contributed by atoms with Crippen LogP contribution in [0.1, 0.15) is 24.3 Å². The molecule has 0 atom stereocenters. The van der Waals surface area contributed by atoms with E-state index in [1.165, 1.54) is 22.9 Å². The van der Waals surface area contributed by atoms with Crippen molar-refractivity contribution in [2.75, 3.05) is 0 Å². The predicted molar refractivity (Wildman–Crippen MR) is 58.9 cm³/mol. The lowest BCUT2D eigenvalue weighted by Crippen LogP contribution is -2.21. The van der Waals surface area contributed by atoms with Gasteiger partial charge in [-0.25, -0.2) is 0 Å². The second-order valence-corrected chi connectivity index (χ2v) is 5.02. The van der Waals surface area contributed by atoms with E-state index in [4.69, 9.17) is 0 Å². The maximum Gasteiger partial charge on any atom is 0.0178 e. The molecule has 0 spiro atoms. The molecule has 0 nitrogen and oxygen atoms in total. The van der Waals surface area contributed by atoms with Gasteiger partial charge in [0.15, 0.2) is 0 Å². The SMILES string of the molecule is SC1CC(c2cccc(Br)c2)C1. The van der Waals surface area contributed by atoms with Crippen LogP contribution in [0.15, 0.2) is 28.7 Å². The molecule has 1 saturated carbocycles. The molecule has 64 valence electrons. The van der Waals surface area contributed by atoms with Crippen molar-refractivity contribution in [3.8, 4) is 0 Å². The summed E-state index contributed by atoms with van der Waals surface area (Å²) in [7, 11) is 0. The molecule has 1 aliphatic rings. The predicted octanol–water partition coefficient (Wildman–Crippen LogP) is 3.62. The summed E-state index contributed by atoms with van der Waals surface area (Å²) < 4.78 is 1.18. The Bertz CT molecular complexity index is 279. The Hall–Kier alpha value is 0.0500. The van der Waals surface area contributed by atoms with Crippen LogP contribution in [0.25, 0.3) is 0 Å². The van der Waals surface area contributed by atoms with Gasteiger partial charge >= 0.3 is 0 Å². The van der Waals surface area contributed by atoms with Gasteiger partial charge in [0.1, 0.15) is 0 Å². The summed E-state index contributed by atoms with van der Waals surface area (Å²) in [6.45, 7) is 0. The Kier molecular flexibility index (Phi) is 2.47. The normalized spacial score (nSPS) is 28.2. The molecule has 2 rings (SSSR count). The molecule has 12 heavy (non-hydrogen) atoms. The van der Waals surface area contributed by atoms with E-state index in [0.29, 0.717) is 5.25 Å². The average molecular weight is 243 g/mol. The van der Waals surface area contributed by atoms with Crippen molar-refractivity contribution in [3.63, 3.8) is 0 Å². The van der Waals surface area contributed by atoms with Gasteiger partial charge < -0.3 is 0 Å². The van der Waals surface area contributed by atoms with Crippen molar-refractivity contribution in [3.05, 3.63) is 34.3 Å². The van der Waals surface area contributed by atoms with Crippen LogP contribution in [0.3, 0.4) is 0 Å². The Labute approximate surface area is 86.9 Å². The summed E-state index contributed by atoms with van der Waals surface area (Å²) in [6, 6.07) is 8.59. The third kappa shape index (κ3) is 1.69. The molecule has 0 unspecified atom stereocenters. The van der Waals surface area contributed by atoms with Crippen molar-refractivity contribution in [1.82, 2.24) is 0 Å². The minimum Gasteiger partial charge on any atom is -0.176 e. The fourth-order valence-electron chi connectivity index (χ4n) is 1.62. The number of hydrogen-bond donors (Lipinski definition) is 1. The summed E-state index contributed by atoms with van der Waals surface area (Å²) in [6.07, 6.45) is 2.47. The maximum absolute atomic E-state index is 4.41. The van der Waals surface area contributed by atoms with Gasteiger partial charge in [-0.1, -0.05) is 28.1 Å². The van der Waals surface area contributed by atoms with Crippen LogP contribution in [0.2, 0.25) is 0 Å². The van der Waals surface area contributed by atoms with Crippen LogP contribution >= 0.6 is 28.6 Å². The number of thiol groups is 1. The Balaban J connectivity index is 2.13. The summed E-state index contributed by atoms with van der Waals surface area (Å²) in [5.74, 6) is 0.755. The van der Waals surface area contributed by atoms with Gasteiger partial charge in [0, 0.05) is 9.72 Å². The van der Waals surface area contributed by atoms with Gasteiger partial charge in [-0.05, 0) is 36.5 Å². The van der Waals surface area contributed by atoms with Crippen molar-refractivity contribution in [2.45, 2.75) is 24.0 Å². The third-order valence-corrected chi connectivity index (χ3v) is 3.35. The van der Waals surface area contributed by atoms with Crippen LogP contribution in [0.4, 0.5) is 0 Å². The van der Waals surface area contributed by atoms with E-state index in [1.807, 2.05) is 0 Å². The van der Waals surface area contributed by atoms with Crippen LogP contribution in [0.5, 0.6) is 0 Å². The minimum absolute atomic E-state index is 0.633. The highest BCUT2D eigenvalue weighted by atomic mass is 79.9. The summed E-state index contributed by atoms with van der Waals surface area (Å²) in [4.78, 5) is 0. The standard InChI is InChI=1S/C10H11BrS/c11-9-3-1-2-7(4-9)8-5-10(12)6-8/h1-4,8,10,12H,5-6H2. The second kappa shape index (κ2) is 3.43. The fraction of sp³-hybridized carbons (Fsp3) is 0.400. The van der Waals surface area contributed by atoms with Gasteiger partial charge in [0.05, 0.1) is 0 Å². The summed E-state index contributed by atoms with van der Waals surface area (Å²) in [5.41, 5.74) is 1.45. The smallest absolute Gasteiger partial charge is 0.0178 e. The monoisotopic (exact) mass is 242 g/mol. The van der Waals surface area contributed by atoms with E-state index in [-0.39, 0.29) is 0 Å². The molecule has 0 N–H and O–H groups in total. The van der Waals surface area contributed by atoms with Crippen LogP contribution in [0, 0.1) is 0 Å². The highest BCUT2D eigenvalue weighted by Gasteiger charge is 2.27. The average Bonchev–Trinajstić information content (AvgIpc) is 1.99. The maximum atomic E-state index is 4.41. The number of halogens is 1. The van der Waals surface area contributed by atoms with Gasteiger partial charge in [-0.3, -0.25) is 0 Å². The first-order valence-corrected chi connectivity index (χ1v) is 5.50. The van der Waals surface area contributed by atoms with Gasteiger partial charge in [0.2, 0.25) is 0 Å². The number of hydrogen-bond acceptors (Lipinski definition) is 1. The van der Waals surface area contributed by atoms with Crippen LogP contribution in [-0.2, 0) is 0 Å². The first kappa shape index (κ1) is 8.64. The number of rotatable bonds is 1. The molecule has 1 fully saturated rings. The molecule has 0 radical (unpaired) electrons. The Morgan fingerprint density at radius 3 is 2.67 bits per heavy atom. The molecule has 0 bridgehead atoms. The first-order chi connectivity index (χ1) is 5.75. The third-order valence-electron chi connectivity index (χ3n) is 2.43. The highest BCUT2D eigenvalue weighted by Crippen LogP contribution is 2.40. The lowest BCUT2D eigenvalue weighted by molar-refractivity contribution is 0.437. The lowest BCUT2D eigenvalue weighted by atomic mass is 9.79. The Morgan fingerprint density at radius 2 is 2.08 bits per heavy atom. The molecular weight excluding hydrogens is 232 g/mol. The van der Waals surface area contributed by atoms with E-state index in [1.54, 1.807) is 0 Å². The van der Waals surface area contributed by atoms with E-state index < -0.39 is 0 Å². The zero-order chi connectivity index (χ0) is 8.55. The van der Waals surface area contributed by atoms with Crippen molar-refractivity contribution >= 4 is 28.6 Å². The topological polar surface area (TPSA) is 0 Å². The molecule has 1 aromatic rings. The molecule has 0 heterocycles. The second-order valence-electron chi connectivity index (χ2n) is 3.38. The van der Waals surface area contributed by atoms with Crippen LogP contribution in [-0.4, -0.2) is 5.25 Å². The quantitative estimate of drug-likeness (QED) is 0.715. The highest BCUT2D eigenvalue weighted by molar-refractivity contribution is 9.10. The molecule has 1 aliphatic carbocycles. The molecule has 0 aromatic heterocycles. The van der Waals surface area contributed by atoms with E-state index >= 15 is 0 Å². The van der Waals surface area contributed by atoms with Gasteiger partial charge in [0.25, 0.3) is 0 Å². The first-order valence-electron chi connectivity index (χ1n) is 4.19. The zero-order valence-corrected chi connectivity index (χ0v) is 9.18. The molecule has 0 saturated heterocycles. The van der Waals surface area contributed by atoms with Crippen molar-refractivity contribution in [1.29, 1.82) is 0 Å². The molecule has 2 heteroatoms. The van der Waals surface area contributed by atoms with Gasteiger partial charge in [-0.15, -0.1) is 0 Å². The largest absolute Gasteiger partial charge is 0.176 e. The molecule has 0 aliphatic heterocycles. The lowest BCUT2D eigenvalue weighted by Gasteiger charge is -2.32. The van der Waals surface area contributed by atoms with Gasteiger partial charge in [-0.2, -0.15) is 12.6 Å². The summed E-state index contributed by atoms with van der Waals surface area (Å²) >= 11 is 7.89. The van der Waals surface area contributed by atoms with Crippen molar-refractivity contribution in [2.24, 2.45) is 0 Å². The molecule has 1 aromatic carbocycles. The minimum atomic E-state index is 0.633. The number of benzene rings is 1. The van der Waals surface area contributed by atoms with E-state index in [2.05, 4.69) is 52.8 Å².